The molecule has 0 saturated carbocycles. The normalized spacial score (nSPS) is 19.1. The molecule has 1 aromatic rings. The maximum Gasteiger partial charge on any atom is 0.334 e. The number of rotatable bonds is 4. The highest BCUT2D eigenvalue weighted by Crippen LogP contribution is 2.20. The van der Waals surface area contributed by atoms with E-state index in [1.165, 1.54) is 6.08 Å². The summed E-state index contributed by atoms with van der Waals surface area (Å²) in [6.45, 7) is 0. The second-order valence-electron chi connectivity index (χ2n) is 4.28. The van der Waals surface area contributed by atoms with Crippen LogP contribution in [0.4, 0.5) is 0 Å². The number of benzene rings is 1. The molecule has 1 aliphatic rings. The van der Waals surface area contributed by atoms with Crippen molar-refractivity contribution in [1.29, 1.82) is 0 Å². The Bertz CT molecular complexity index is 447. The van der Waals surface area contributed by atoms with E-state index in [1.54, 1.807) is 19.2 Å². The lowest BCUT2D eigenvalue weighted by Crippen LogP contribution is -2.23. The molecule has 0 saturated heterocycles. The number of aromatic hydroxyl groups is 1. The van der Waals surface area contributed by atoms with Gasteiger partial charge in [-0.15, -0.1) is 0 Å². The Labute approximate surface area is 106 Å². The minimum absolute atomic E-state index is 0.133. The molecule has 96 valence electrons. The van der Waals surface area contributed by atoms with Gasteiger partial charge in [0.15, 0.2) is 0 Å². The second-order valence-corrected chi connectivity index (χ2v) is 4.28. The van der Waals surface area contributed by atoms with Crippen LogP contribution in [-0.2, 0) is 20.7 Å². The molecule has 1 unspecified atom stereocenters. The third-order valence-electron chi connectivity index (χ3n) is 2.94. The molecule has 18 heavy (non-hydrogen) atoms. The highest BCUT2D eigenvalue weighted by molar-refractivity contribution is 5.83. The maximum atomic E-state index is 11.3. The van der Waals surface area contributed by atoms with Crippen molar-refractivity contribution < 1.29 is 19.4 Å². The molecule has 0 aromatic heterocycles. The summed E-state index contributed by atoms with van der Waals surface area (Å²) in [6.07, 6.45) is 3.43. The highest BCUT2D eigenvalue weighted by Gasteiger charge is 2.21. The third kappa shape index (κ3) is 3.26. The van der Waals surface area contributed by atoms with Crippen molar-refractivity contribution in [2.45, 2.75) is 25.4 Å². The summed E-state index contributed by atoms with van der Waals surface area (Å²) in [4.78, 5) is 11.3. The quantitative estimate of drug-likeness (QED) is 0.830. The van der Waals surface area contributed by atoms with Crippen LogP contribution in [0.2, 0.25) is 0 Å². The molecule has 1 aliphatic heterocycles. The van der Waals surface area contributed by atoms with Gasteiger partial charge >= 0.3 is 5.97 Å². The first-order valence-corrected chi connectivity index (χ1v) is 5.90. The van der Waals surface area contributed by atoms with Crippen molar-refractivity contribution >= 4 is 5.97 Å². The average Bonchev–Trinajstić information content (AvgIpc) is 2.37. The van der Waals surface area contributed by atoms with Crippen LogP contribution in [0.15, 0.2) is 36.1 Å². The summed E-state index contributed by atoms with van der Waals surface area (Å²) in [6, 6.07) is 7.05. The van der Waals surface area contributed by atoms with Crippen molar-refractivity contribution in [3.8, 4) is 5.75 Å². The first-order valence-electron chi connectivity index (χ1n) is 5.90. The molecule has 0 fully saturated rings. The Morgan fingerprint density at radius 1 is 1.39 bits per heavy atom. The van der Waals surface area contributed by atoms with Crippen LogP contribution in [0, 0.1) is 0 Å². The molecule has 1 N–H and O–H groups in total. The van der Waals surface area contributed by atoms with Crippen LogP contribution in [0.5, 0.6) is 5.75 Å². The van der Waals surface area contributed by atoms with Gasteiger partial charge in [0.1, 0.15) is 17.6 Å². The van der Waals surface area contributed by atoms with Crippen molar-refractivity contribution in [3.05, 3.63) is 41.7 Å². The number of phenolic OH excluding ortho intramolecular Hbond substituents is 1. The summed E-state index contributed by atoms with van der Waals surface area (Å²) in [7, 11) is 1.56. The van der Waals surface area contributed by atoms with Gasteiger partial charge in [-0.3, -0.25) is 0 Å². The Balaban J connectivity index is 1.89. The SMILES string of the molecule is COC1=CC(=O)OC(CCc2ccc(O)cc2)C1. The number of esters is 1. The molecule has 1 aromatic carbocycles. The second kappa shape index (κ2) is 5.58. The molecule has 0 radical (unpaired) electrons. The van der Waals surface area contributed by atoms with Crippen LogP contribution in [0.3, 0.4) is 0 Å². The van der Waals surface area contributed by atoms with E-state index in [9.17, 15) is 9.90 Å². The van der Waals surface area contributed by atoms with Crippen LogP contribution in [0.1, 0.15) is 18.4 Å². The van der Waals surface area contributed by atoms with E-state index in [0.717, 1.165) is 18.4 Å². The number of carbonyl (C=O) groups is 1. The topological polar surface area (TPSA) is 55.8 Å². The molecular weight excluding hydrogens is 232 g/mol. The zero-order valence-electron chi connectivity index (χ0n) is 10.3. The molecule has 2 rings (SSSR count). The Kier molecular flexibility index (Phi) is 3.87. The number of carbonyl (C=O) groups excluding carboxylic acids is 1. The number of phenols is 1. The van der Waals surface area contributed by atoms with Crippen molar-refractivity contribution in [3.63, 3.8) is 0 Å². The predicted molar refractivity (Wildman–Crippen MR) is 66.0 cm³/mol. The van der Waals surface area contributed by atoms with Gasteiger partial charge in [0.05, 0.1) is 13.2 Å². The molecule has 0 bridgehead atoms. The summed E-state index contributed by atoms with van der Waals surface area (Å²) in [5.41, 5.74) is 1.11. The van der Waals surface area contributed by atoms with Crippen LogP contribution >= 0.6 is 0 Å². The van der Waals surface area contributed by atoms with E-state index in [4.69, 9.17) is 9.47 Å². The number of hydrogen-bond acceptors (Lipinski definition) is 4. The highest BCUT2D eigenvalue weighted by atomic mass is 16.5. The van der Waals surface area contributed by atoms with Crippen LogP contribution in [0.25, 0.3) is 0 Å². The van der Waals surface area contributed by atoms with Crippen molar-refractivity contribution in [2.24, 2.45) is 0 Å². The van der Waals surface area contributed by atoms with Gasteiger partial charge in [0.25, 0.3) is 0 Å². The van der Waals surface area contributed by atoms with E-state index < -0.39 is 0 Å². The zero-order chi connectivity index (χ0) is 13.0. The lowest BCUT2D eigenvalue weighted by molar-refractivity contribution is -0.145. The smallest absolute Gasteiger partial charge is 0.334 e. The first-order chi connectivity index (χ1) is 8.67. The number of methoxy groups -OCH3 is 1. The van der Waals surface area contributed by atoms with Gasteiger partial charge in [-0.05, 0) is 30.5 Å². The maximum absolute atomic E-state index is 11.3. The first kappa shape index (κ1) is 12.5. The minimum Gasteiger partial charge on any atom is -0.508 e. The molecule has 0 aliphatic carbocycles. The Morgan fingerprint density at radius 2 is 2.11 bits per heavy atom. The molecule has 0 amide bonds. The van der Waals surface area contributed by atoms with Crippen molar-refractivity contribution in [1.82, 2.24) is 0 Å². The van der Waals surface area contributed by atoms with E-state index >= 15 is 0 Å². The molecular formula is C14H16O4. The van der Waals surface area contributed by atoms with E-state index in [2.05, 4.69) is 0 Å². The van der Waals surface area contributed by atoms with Crippen molar-refractivity contribution in [2.75, 3.05) is 7.11 Å². The number of ether oxygens (including phenoxy) is 2. The summed E-state index contributed by atoms with van der Waals surface area (Å²) in [5.74, 6) is 0.586. The summed E-state index contributed by atoms with van der Waals surface area (Å²) in [5, 5.41) is 9.18. The zero-order valence-corrected chi connectivity index (χ0v) is 10.3. The third-order valence-corrected chi connectivity index (χ3v) is 2.94. The van der Waals surface area contributed by atoms with Gasteiger partial charge in [-0.2, -0.15) is 0 Å². The van der Waals surface area contributed by atoms with Gasteiger partial charge < -0.3 is 14.6 Å². The van der Waals surface area contributed by atoms with Gasteiger partial charge in [-0.25, -0.2) is 4.79 Å². The molecule has 0 spiro atoms. The lowest BCUT2D eigenvalue weighted by Gasteiger charge is -2.22. The minimum atomic E-state index is -0.339. The Hall–Kier alpha value is -1.97. The monoisotopic (exact) mass is 248 g/mol. The average molecular weight is 248 g/mol. The predicted octanol–water partition coefficient (Wildman–Crippen LogP) is 2.17. The van der Waals surface area contributed by atoms with Crippen LogP contribution < -0.4 is 0 Å². The fourth-order valence-corrected chi connectivity index (χ4v) is 1.95. The summed E-state index contributed by atoms with van der Waals surface area (Å²) >= 11 is 0. The number of hydrogen-bond donors (Lipinski definition) is 1. The van der Waals surface area contributed by atoms with Crippen LogP contribution in [-0.4, -0.2) is 24.3 Å². The van der Waals surface area contributed by atoms with E-state index in [1.807, 2.05) is 12.1 Å². The number of cyclic esters (lactones) is 1. The fraction of sp³-hybridized carbons (Fsp3) is 0.357. The molecule has 4 nitrogen and oxygen atoms in total. The van der Waals surface area contributed by atoms with Gasteiger partial charge in [-0.1, -0.05) is 12.1 Å². The largest absolute Gasteiger partial charge is 0.508 e. The molecule has 1 atom stereocenters. The molecule has 1 heterocycles. The lowest BCUT2D eigenvalue weighted by atomic mass is 10.0. The van der Waals surface area contributed by atoms with E-state index in [0.29, 0.717) is 12.2 Å². The standard InChI is InChI=1S/C14H16O4/c1-17-13-8-12(18-14(16)9-13)7-4-10-2-5-11(15)6-3-10/h2-3,5-6,9,12,15H,4,7-8H2,1H3. The van der Waals surface area contributed by atoms with E-state index in [-0.39, 0.29) is 17.8 Å². The summed E-state index contributed by atoms with van der Waals surface area (Å²) < 4.78 is 10.3. The number of aryl methyl sites for hydroxylation is 1. The molecule has 4 heteroatoms. The Morgan fingerprint density at radius 3 is 2.78 bits per heavy atom. The van der Waals surface area contributed by atoms with Gasteiger partial charge in [0.2, 0.25) is 0 Å². The van der Waals surface area contributed by atoms with Gasteiger partial charge in [0, 0.05) is 6.42 Å². The fourth-order valence-electron chi connectivity index (χ4n) is 1.95.